The summed E-state index contributed by atoms with van der Waals surface area (Å²) in [6.45, 7) is 0.216. The van der Waals surface area contributed by atoms with E-state index < -0.39 is 15.7 Å². The minimum Gasteiger partial charge on any atom is -0.464 e. The Morgan fingerprint density at radius 3 is 2.31 bits per heavy atom. The second-order valence-corrected chi connectivity index (χ2v) is 10.9. The van der Waals surface area contributed by atoms with Gasteiger partial charge in [-0.15, -0.1) is 0 Å². The number of rotatable bonds is 6. The van der Waals surface area contributed by atoms with Gasteiger partial charge in [0.1, 0.15) is 16.7 Å². The Morgan fingerprint density at radius 1 is 1.09 bits per heavy atom. The summed E-state index contributed by atoms with van der Waals surface area (Å²) >= 11 is 11.0. The summed E-state index contributed by atoms with van der Waals surface area (Å²) in [4.78, 5) is 16.5. The number of carbonyl (C=O) groups is 1. The van der Waals surface area contributed by atoms with Gasteiger partial charge in [0, 0.05) is 18.4 Å². The molecule has 164 valence electrons. The van der Waals surface area contributed by atoms with Crippen LogP contribution < -0.4 is 0 Å². The van der Waals surface area contributed by atoms with Gasteiger partial charge in [0.2, 0.25) is 0 Å². The topological polar surface area (TPSA) is 68.6 Å². The maximum absolute atomic E-state index is 12.8. The molecule has 5 nitrogen and oxygen atoms in total. The molecular formula is C24H21ClN2O3S2. The van der Waals surface area contributed by atoms with Crippen molar-refractivity contribution in [3.8, 4) is 11.1 Å². The van der Waals surface area contributed by atoms with Crippen molar-refractivity contribution in [2.75, 3.05) is 12.9 Å². The first-order valence-electron chi connectivity index (χ1n) is 9.99. The lowest BCUT2D eigenvalue weighted by atomic mass is 9.98. The second-order valence-electron chi connectivity index (χ2n) is 7.66. The summed E-state index contributed by atoms with van der Waals surface area (Å²) in [6, 6.07) is 19.6. The van der Waals surface area contributed by atoms with Gasteiger partial charge in [-0.1, -0.05) is 78.4 Å². The van der Waals surface area contributed by atoms with Crippen molar-refractivity contribution in [2.45, 2.75) is 18.1 Å². The van der Waals surface area contributed by atoms with Crippen LogP contribution in [0.4, 0.5) is 0 Å². The fourth-order valence-corrected chi connectivity index (χ4v) is 5.92. The zero-order chi connectivity index (χ0) is 22.7. The lowest BCUT2D eigenvalue weighted by Crippen LogP contribution is -2.15. The quantitative estimate of drug-likeness (QED) is 0.266. The van der Waals surface area contributed by atoms with Crippen LogP contribution in [-0.4, -0.2) is 33.0 Å². The van der Waals surface area contributed by atoms with E-state index >= 15 is 0 Å². The highest BCUT2D eigenvalue weighted by molar-refractivity contribution is 7.93. The van der Waals surface area contributed by atoms with E-state index in [0.29, 0.717) is 5.15 Å². The standard InChI is InChI=1S/C24H21ClN2O3S2/c1-32(29,15-16-10-11-22(25)26-13-16)27-23(31)12-24(28)30-14-21-19-8-4-2-6-17(19)18-7-3-5-9-20(18)21/h2-11,13,21H,12,14-15H2,1H3. The highest BCUT2D eigenvalue weighted by atomic mass is 35.5. The zero-order valence-corrected chi connectivity index (χ0v) is 19.8. The Morgan fingerprint density at radius 2 is 1.72 bits per heavy atom. The van der Waals surface area contributed by atoms with Crippen LogP contribution in [0.2, 0.25) is 5.15 Å². The van der Waals surface area contributed by atoms with Gasteiger partial charge in [-0.05, 0) is 33.9 Å². The van der Waals surface area contributed by atoms with Crippen LogP contribution in [-0.2, 0) is 25.0 Å². The van der Waals surface area contributed by atoms with Crippen molar-refractivity contribution in [2.24, 2.45) is 4.36 Å². The Hall–Kier alpha value is -2.61. The zero-order valence-electron chi connectivity index (χ0n) is 17.4. The maximum atomic E-state index is 12.8. The number of esters is 1. The average Bonchev–Trinajstić information content (AvgIpc) is 3.07. The molecule has 4 rings (SSSR count). The van der Waals surface area contributed by atoms with E-state index in [9.17, 15) is 9.00 Å². The van der Waals surface area contributed by atoms with Crippen LogP contribution in [0.15, 0.2) is 71.2 Å². The molecule has 0 spiro atoms. The van der Waals surface area contributed by atoms with E-state index in [-0.39, 0.29) is 29.7 Å². The van der Waals surface area contributed by atoms with Gasteiger partial charge in [0.15, 0.2) is 0 Å². The SMILES string of the molecule is CS(=O)(Cc1ccc(Cl)nc1)=NC(=S)CC(=O)OCC1c2ccccc2-c2ccccc21. The number of nitrogens with zero attached hydrogens (tertiary/aromatic N) is 2. The third-order valence-electron chi connectivity index (χ3n) is 5.19. The molecule has 0 amide bonds. The van der Waals surface area contributed by atoms with Crippen LogP contribution in [0, 0.1) is 0 Å². The number of ether oxygens (including phenoxy) is 1. The van der Waals surface area contributed by atoms with Crippen molar-refractivity contribution in [1.82, 2.24) is 4.98 Å². The van der Waals surface area contributed by atoms with Crippen molar-refractivity contribution in [1.29, 1.82) is 0 Å². The van der Waals surface area contributed by atoms with Gasteiger partial charge in [0.25, 0.3) is 0 Å². The molecule has 1 aliphatic carbocycles. The smallest absolute Gasteiger partial charge is 0.312 e. The highest BCUT2D eigenvalue weighted by Crippen LogP contribution is 2.44. The largest absolute Gasteiger partial charge is 0.464 e. The molecule has 0 aliphatic heterocycles. The summed E-state index contributed by atoms with van der Waals surface area (Å²) in [6.07, 6.45) is 2.87. The van der Waals surface area contributed by atoms with Gasteiger partial charge in [0.05, 0.1) is 21.9 Å². The third-order valence-corrected chi connectivity index (χ3v) is 7.24. The normalized spacial score (nSPS) is 14.2. The van der Waals surface area contributed by atoms with Crippen molar-refractivity contribution >= 4 is 44.5 Å². The van der Waals surface area contributed by atoms with E-state index in [1.807, 2.05) is 24.3 Å². The minimum absolute atomic E-state index is 0.0235. The van der Waals surface area contributed by atoms with E-state index in [2.05, 4.69) is 33.6 Å². The number of thiocarbonyl (C=S) groups is 1. The Bertz CT molecular complexity index is 1250. The summed E-state index contributed by atoms with van der Waals surface area (Å²) in [5, 5.41) is 0.360. The Kier molecular flexibility index (Phi) is 6.69. The van der Waals surface area contributed by atoms with Gasteiger partial charge in [-0.25, -0.2) is 9.19 Å². The molecule has 0 saturated heterocycles. The van der Waals surface area contributed by atoms with Crippen molar-refractivity contribution < 1.29 is 13.7 Å². The van der Waals surface area contributed by atoms with Gasteiger partial charge in [-0.2, -0.15) is 4.36 Å². The number of fused-ring (bicyclic) bond motifs is 3. The number of hydrogen-bond acceptors (Lipinski definition) is 5. The van der Waals surface area contributed by atoms with Crippen LogP contribution in [0.5, 0.6) is 0 Å². The van der Waals surface area contributed by atoms with Crippen molar-refractivity contribution in [3.05, 3.63) is 88.7 Å². The summed E-state index contributed by atoms with van der Waals surface area (Å²) in [5.41, 5.74) is 5.34. The minimum atomic E-state index is -2.66. The van der Waals surface area contributed by atoms with E-state index in [1.165, 1.54) is 6.26 Å². The van der Waals surface area contributed by atoms with Crippen LogP contribution >= 0.6 is 23.8 Å². The number of benzene rings is 2. The second kappa shape index (κ2) is 9.48. The molecule has 1 unspecified atom stereocenters. The first-order valence-corrected chi connectivity index (χ1v) is 12.9. The lowest BCUT2D eigenvalue weighted by molar-refractivity contribution is -0.142. The first kappa shape index (κ1) is 22.6. The van der Waals surface area contributed by atoms with Crippen LogP contribution in [0.3, 0.4) is 0 Å². The van der Waals surface area contributed by atoms with Gasteiger partial charge < -0.3 is 4.74 Å². The number of carbonyl (C=O) groups excluding carboxylic acids is 1. The summed E-state index contributed by atoms with van der Waals surface area (Å²) in [7, 11) is -2.66. The molecule has 0 saturated carbocycles. The van der Waals surface area contributed by atoms with E-state index in [0.717, 1.165) is 27.8 Å². The Balaban J connectivity index is 1.39. The number of aromatic nitrogens is 1. The summed E-state index contributed by atoms with van der Waals surface area (Å²) in [5.74, 6) is -0.337. The molecule has 0 N–H and O–H groups in total. The molecule has 2 aromatic carbocycles. The highest BCUT2D eigenvalue weighted by Gasteiger charge is 2.29. The molecule has 8 heteroatoms. The molecule has 1 aliphatic rings. The molecule has 0 bridgehead atoms. The number of halogens is 1. The lowest BCUT2D eigenvalue weighted by Gasteiger charge is -2.14. The molecule has 1 aromatic heterocycles. The third kappa shape index (κ3) is 5.23. The number of pyridine rings is 1. The molecule has 1 heterocycles. The molecule has 1 atom stereocenters. The predicted octanol–water partition coefficient (Wildman–Crippen LogP) is 5.41. The van der Waals surface area contributed by atoms with Crippen LogP contribution in [0.25, 0.3) is 11.1 Å². The Labute approximate surface area is 198 Å². The van der Waals surface area contributed by atoms with Gasteiger partial charge in [-0.3, -0.25) is 4.79 Å². The van der Waals surface area contributed by atoms with Crippen molar-refractivity contribution in [3.63, 3.8) is 0 Å². The molecule has 0 fully saturated rings. The fraction of sp³-hybridized carbons (Fsp3) is 0.208. The number of hydrogen-bond donors (Lipinski definition) is 0. The molecule has 3 aromatic rings. The van der Waals surface area contributed by atoms with E-state index in [1.54, 1.807) is 18.3 Å². The predicted molar refractivity (Wildman–Crippen MR) is 131 cm³/mol. The summed E-state index contributed by atoms with van der Waals surface area (Å²) < 4.78 is 22.5. The van der Waals surface area contributed by atoms with Crippen LogP contribution in [0.1, 0.15) is 29.0 Å². The molecular weight excluding hydrogens is 464 g/mol. The maximum Gasteiger partial charge on any atom is 0.312 e. The molecule has 32 heavy (non-hydrogen) atoms. The molecule has 0 radical (unpaired) electrons. The fourth-order valence-electron chi connectivity index (χ4n) is 3.87. The monoisotopic (exact) mass is 484 g/mol. The van der Waals surface area contributed by atoms with Gasteiger partial charge >= 0.3 is 5.97 Å². The van der Waals surface area contributed by atoms with E-state index in [4.69, 9.17) is 28.6 Å². The first-order chi connectivity index (χ1) is 15.3. The average molecular weight is 485 g/mol.